The maximum Gasteiger partial charge on any atom is 0.344 e. The monoisotopic (exact) mass is 337 g/mol. The van der Waals surface area contributed by atoms with Crippen molar-refractivity contribution >= 4 is 23.5 Å². The molecule has 3 aliphatic rings. The number of aromatic nitrogens is 2. The zero-order valence-electron chi connectivity index (χ0n) is 12.8. The van der Waals surface area contributed by atoms with E-state index in [1.165, 1.54) is 6.42 Å². The summed E-state index contributed by atoms with van der Waals surface area (Å²) in [7, 11) is 0. The van der Waals surface area contributed by atoms with E-state index in [2.05, 4.69) is 15.5 Å². The van der Waals surface area contributed by atoms with Gasteiger partial charge in [-0.2, -0.15) is 5.10 Å². The lowest BCUT2D eigenvalue weighted by Crippen LogP contribution is -2.54. The van der Waals surface area contributed by atoms with Gasteiger partial charge >= 0.3 is 5.97 Å². The Morgan fingerprint density at radius 2 is 2.00 bits per heavy atom. The third kappa shape index (κ3) is 2.84. The Balaban J connectivity index is 1.48. The van der Waals surface area contributed by atoms with Crippen LogP contribution < -0.4 is 5.32 Å². The van der Waals surface area contributed by atoms with Crippen LogP contribution in [0.5, 0.6) is 0 Å². The van der Waals surface area contributed by atoms with Gasteiger partial charge in [-0.25, -0.2) is 4.79 Å². The zero-order valence-corrected chi connectivity index (χ0v) is 13.6. The lowest BCUT2D eigenvalue weighted by atomic mass is 9.78. The van der Waals surface area contributed by atoms with Crippen LogP contribution >= 0.6 is 11.6 Å². The molecule has 0 radical (unpaired) electrons. The molecule has 1 aromatic rings. The molecule has 0 spiro atoms. The van der Waals surface area contributed by atoms with Gasteiger partial charge in [0.25, 0.3) is 5.91 Å². The highest BCUT2D eigenvalue weighted by Gasteiger charge is 2.40. The Kier molecular flexibility index (Phi) is 3.79. The summed E-state index contributed by atoms with van der Waals surface area (Å²) >= 11 is 6.03. The Hall–Kier alpha value is -1.56. The van der Waals surface area contributed by atoms with Gasteiger partial charge in [-0.1, -0.05) is 24.4 Å². The number of fused-ring (bicyclic) bond motifs is 1. The van der Waals surface area contributed by atoms with Crippen LogP contribution in [0.15, 0.2) is 0 Å². The number of carbonyl (C=O) groups excluding carboxylic acids is 2. The van der Waals surface area contributed by atoms with Gasteiger partial charge in [0.05, 0.1) is 5.69 Å². The second-order valence-corrected chi connectivity index (χ2v) is 7.22. The minimum atomic E-state index is -0.722. The van der Waals surface area contributed by atoms with E-state index in [1.54, 1.807) is 0 Å². The van der Waals surface area contributed by atoms with Crippen LogP contribution in [0, 0.1) is 5.92 Å². The highest BCUT2D eigenvalue weighted by Crippen LogP contribution is 2.42. The molecular formula is C16H20ClN3O3. The molecule has 6 nitrogen and oxygen atoms in total. The Labute approximate surface area is 139 Å². The van der Waals surface area contributed by atoms with E-state index in [9.17, 15) is 9.59 Å². The number of piperidine rings is 1. The largest absolute Gasteiger partial charge is 0.449 e. The first-order valence-corrected chi connectivity index (χ1v) is 8.76. The highest BCUT2D eigenvalue weighted by atomic mass is 35.5. The molecule has 0 aromatic carbocycles. The number of carbonyl (C=O) groups is 2. The summed E-state index contributed by atoms with van der Waals surface area (Å²) in [6, 6.07) is 0.241. The van der Waals surface area contributed by atoms with Crippen LogP contribution in [0.3, 0.4) is 0 Å². The molecule has 3 fully saturated rings. The van der Waals surface area contributed by atoms with Crippen molar-refractivity contribution in [3.05, 3.63) is 16.4 Å². The molecule has 1 aromatic heterocycles. The Bertz CT molecular complexity index is 641. The standard InChI is InChI=1S/C16H20ClN3O3/c17-14-12(13(19-20-14)8-5-6-8)16(22)23-11-7-9-3-1-2-4-10(9)18-15(11)21/h8-11H,1-7H2,(H,18,21)(H,19,20). The number of halogens is 1. The second kappa shape index (κ2) is 5.82. The minimum Gasteiger partial charge on any atom is -0.449 e. The summed E-state index contributed by atoms with van der Waals surface area (Å²) in [4.78, 5) is 24.7. The molecule has 1 saturated heterocycles. The SMILES string of the molecule is O=C(OC1CC2CCCCC2NC1=O)c1c(Cl)n[nH]c1C1CC1. The third-order valence-electron chi connectivity index (χ3n) is 5.24. The number of ether oxygens (including phenoxy) is 1. The fourth-order valence-electron chi connectivity index (χ4n) is 3.82. The summed E-state index contributed by atoms with van der Waals surface area (Å²) in [6.07, 6.45) is 6.36. The van der Waals surface area contributed by atoms with Crippen molar-refractivity contribution in [3.8, 4) is 0 Å². The molecule has 7 heteroatoms. The summed E-state index contributed by atoms with van der Waals surface area (Å²) in [6.45, 7) is 0. The average Bonchev–Trinajstić information content (AvgIpc) is 3.30. The smallest absolute Gasteiger partial charge is 0.344 e. The minimum absolute atomic E-state index is 0.128. The number of esters is 1. The maximum atomic E-state index is 12.5. The van der Waals surface area contributed by atoms with E-state index in [4.69, 9.17) is 16.3 Å². The van der Waals surface area contributed by atoms with Crippen LogP contribution in [0.1, 0.15) is 66.9 Å². The molecule has 4 rings (SSSR count). The summed E-state index contributed by atoms with van der Waals surface area (Å²) < 4.78 is 5.50. The Morgan fingerprint density at radius 1 is 1.22 bits per heavy atom. The molecule has 2 aliphatic carbocycles. The quantitative estimate of drug-likeness (QED) is 0.830. The van der Waals surface area contributed by atoms with E-state index in [1.807, 2.05) is 0 Å². The molecule has 124 valence electrons. The first-order chi connectivity index (χ1) is 11.1. The molecule has 1 aliphatic heterocycles. The number of nitrogens with zero attached hydrogens (tertiary/aromatic N) is 1. The van der Waals surface area contributed by atoms with Gasteiger partial charge < -0.3 is 10.1 Å². The number of amides is 1. The van der Waals surface area contributed by atoms with Crippen molar-refractivity contribution in [2.24, 2.45) is 5.92 Å². The van der Waals surface area contributed by atoms with Crippen molar-refractivity contribution in [3.63, 3.8) is 0 Å². The second-order valence-electron chi connectivity index (χ2n) is 6.87. The maximum absolute atomic E-state index is 12.5. The molecule has 23 heavy (non-hydrogen) atoms. The van der Waals surface area contributed by atoms with Gasteiger partial charge in [-0.3, -0.25) is 9.89 Å². The van der Waals surface area contributed by atoms with Crippen LogP contribution in [0.4, 0.5) is 0 Å². The van der Waals surface area contributed by atoms with E-state index < -0.39 is 12.1 Å². The van der Waals surface area contributed by atoms with Gasteiger partial charge in [0.2, 0.25) is 0 Å². The molecule has 3 atom stereocenters. The lowest BCUT2D eigenvalue weighted by molar-refractivity contribution is -0.136. The molecule has 3 unspecified atom stereocenters. The first-order valence-electron chi connectivity index (χ1n) is 8.38. The van der Waals surface area contributed by atoms with Crippen molar-refractivity contribution in [1.82, 2.24) is 15.5 Å². The van der Waals surface area contributed by atoms with Crippen LogP contribution in [0.2, 0.25) is 5.15 Å². The highest BCUT2D eigenvalue weighted by molar-refractivity contribution is 6.32. The van der Waals surface area contributed by atoms with E-state index in [-0.39, 0.29) is 17.1 Å². The van der Waals surface area contributed by atoms with Crippen molar-refractivity contribution in [2.45, 2.75) is 63.0 Å². The van der Waals surface area contributed by atoms with Crippen LogP contribution in [0.25, 0.3) is 0 Å². The van der Waals surface area contributed by atoms with Crippen LogP contribution in [-0.2, 0) is 9.53 Å². The summed E-state index contributed by atoms with van der Waals surface area (Å²) in [5.74, 6) is -0.0171. The number of H-pyrrole nitrogens is 1. The number of rotatable bonds is 3. The van der Waals surface area contributed by atoms with Gasteiger partial charge in [-0.15, -0.1) is 0 Å². The molecule has 0 bridgehead atoms. The average molecular weight is 338 g/mol. The third-order valence-corrected chi connectivity index (χ3v) is 5.51. The van der Waals surface area contributed by atoms with Crippen molar-refractivity contribution in [2.75, 3.05) is 0 Å². The summed E-state index contributed by atoms with van der Waals surface area (Å²) in [5, 5.41) is 9.88. The number of nitrogens with one attached hydrogen (secondary N) is 2. The topological polar surface area (TPSA) is 84.1 Å². The van der Waals surface area contributed by atoms with Gasteiger partial charge in [0.1, 0.15) is 5.56 Å². The van der Waals surface area contributed by atoms with Crippen molar-refractivity contribution < 1.29 is 14.3 Å². The van der Waals surface area contributed by atoms with E-state index in [0.29, 0.717) is 23.8 Å². The number of hydrogen-bond acceptors (Lipinski definition) is 4. The lowest BCUT2D eigenvalue weighted by Gasteiger charge is -2.38. The fourth-order valence-corrected chi connectivity index (χ4v) is 4.04. The van der Waals surface area contributed by atoms with Gasteiger partial charge in [0.15, 0.2) is 11.3 Å². The zero-order chi connectivity index (χ0) is 16.0. The van der Waals surface area contributed by atoms with E-state index in [0.717, 1.165) is 37.8 Å². The van der Waals surface area contributed by atoms with Gasteiger partial charge in [-0.05, 0) is 38.0 Å². The van der Waals surface area contributed by atoms with Crippen LogP contribution in [-0.4, -0.2) is 34.2 Å². The molecule has 2 saturated carbocycles. The summed E-state index contributed by atoms with van der Waals surface area (Å²) in [5.41, 5.74) is 1.04. The Morgan fingerprint density at radius 3 is 2.78 bits per heavy atom. The normalized spacial score (nSPS) is 30.5. The number of aromatic amines is 1. The molecule has 1 amide bonds. The molecule has 2 heterocycles. The first kappa shape index (κ1) is 15.0. The molecular weight excluding hydrogens is 318 g/mol. The number of hydrogen-bond donors (Lipinski definition) is 2. The fraction of sp³-hybridized carbons (Fsp3) is 0.688. The van der Waals surface area contributed by atoms with E-state index >= 15 is 0 Å². The predicted octanol–water partition coefficient (Wildman–Crippen LogP) is 2.54. The predicted molar refractivity (Wildman–Crippen MR) is 83.3 cm³/mol. The molecule has 2 N–H and O–H groups in total. The van der Waals surface area contributed by atoms with Gasteiger partial charge in [0, 0.05) is 12.0 Å². The van der Waals surface area contributed by atoms with Crippen molar-refractivity contribution in [1.29, 1.82) is 0 Å².